The van der Waals surface area contributed by atoms with Crippen LogP contribution in [0.5, 0.6) is 5.75 Å². The smallest absolute Gasteiger partial charge is 0.275 e. The third-order valence-electron chi connectivity index (χ3n) is 4.78. The van der Waals surface area contributed by atoms with Crippen molar-refractivity contribution in [2.24, 2.45) is 5.10 Å². The number of hydrazone groups is 1. The van der Waals surface area contributed by atoms with Crippen LogP contribution in [0.3, 0.4) is 0 Å². The summed E-state index contributed by atoms with van der Waals surface area (Å²) in [5, 5.41) is 6.35. The summed E-state index contributed by atoms with van der Waals surface area (Å²) >= 11 is 4.87. The lowest BCUT2D eigenvalue weighted by atomic mass is 10.1. The molecule has 7 heteroatoms. The largest absolute Gasteiger partial charge is 0.496 e. The van der Waals surface area contributed by atoms with Crippen LogP contribution < -0.4 is 4.74 Å². The molecule has 0 saturated carbocycles. The molecule has 1 atom stereocenters. The average molecular weight is 485 g/mol. The lowest BCUT2D eigenvalue weighted by Gasteiger charge is -2.23. The van der Waals surface area contributed by atoms with Gasteiger partial charge in [-0.15, -0.1) is 0 Å². The lowest BCUT2D eigenvalue weighted by molar-refractivity contribution is 0.0747. The Hall–Kier alpha value is -2.64. The van der Waals surface area contributed by atoms with E-state index in [0.29, 0.717) is 21.9 Å². The number of ether oxygens (including phenoxy) is 1. The van der Waals surface area contributed by atoms with Crippen molar-refractivity contribution in [1.82, 2.24) is 5.01 Å². The van der Waals surface area contributed by atoms with Gasteiger partial charge in [-0.3, -0.25) is 4.79 Å². The number of carbonyl (C=O) groups excluding carboxylic acids is 1. The second-order valence-corrected chi connectivity index (χ2v) is 8.72. The van der Waals surface area contributed by atoms with Crippen LogP contribution in [0.25, 0.3) is 0 Å². The molecule has 0 bridgehead atoms. The second-order valence-electron chi connectivity index (χ2n) is 6.73. The predicted octanol–water partition coefficient (Wildman–Crippen LogP) is 6.15. The molecule has 3 aromatic rings. The van der Waals surface area contributed by atoms with Gasteiger partial charge in [-0.1, -0.05) is 58.0 Å². The molecule has 152 valence electrons. The first kappa shape index (κ1) is 20.6. The van der Waals surface area contributed by atoms with Gasteiger partial charge in [-0.2, -0.15) is 5.10 Å². The molecule has 1 heterocycles. The Kier molecular flexibility index (Phi) is 5.92. The van der Waals surface area contributed by atoms with Crippen molar-refractivity contribution in [3.63, 3.8) is 0 Å². The molecule has 0 fully saturated rings. The topological polar surface area (TPSA) is 41.9 Å². The van der Waals surface area contributed by atoms with Gasteiger partial charge in [0.2, 0.25) is 0 Å². The van der Waals surface area contributed by atoms with Gasteiger partial charge in [-0.25, -0.2) is 9.40 Å². The van der Waals surface area contributed by atoms with E-state index in [2.05, 4.69) is 21.0 Å². The Balaban J connectivity index is 1.79. The summed E-state index contributed by atoms with van der Waals surface area (Å²) in [5.41, 5.74) is 3.02. The van der Waals surface area contributed by atoms with Gasteiger partial charge in [0.25, 0.3) is 5.91 Å². The highest BCUT2D eigenvalue weighted by molar-refractivity contribution is 9.10. The van der Waals surface area contributed by atoms with E-state index in [0.717, 1.165) is 15.6 Å². The van der Waals surface area contributed by atoms with E-state index in [-0.39, 0.29) is 5.91 Å². The van der Waals surface area contributed by atoms with E-state index in [9.17, 15) is 9.18 Å². The zero-order valence-corrected chi connectivity index (χ0v) is 18.7. The zero-order chi connectivity index (χ0) is 21.3. The molecule has 30 heavy (non-hydrogen) atoms. The van der Waals surface area contributed by atoms with Crippen LogP contribution >= 0.6 is 27.7 Å². The van der Waals surface area contributed by atoms with Crippen LogP contribution in [0.1, 0.15) is 32.4 Å². The number of rotatable bonds is 4. The minimum atomic E-state index is -0.480. The fourth-order valence-corrected chi connectivity index (χ4v) is 4.67. The number of halogens is 2. The van der Waals surface area contributed by atoms with E-state index < -0.39 is 11.2 Å². The van der Waals surface area contributed by atoms with Gasteiger partial charge in [0.05, 0.1) is 7.11 Å². The molecule has 1 aliphatic rings. The third-order valence-corrected chi connectivity index (χ3v) is 6.53. The maximum atomic E-state index is 13.8. The van der Waals surface area contributed by atoms with Gasteiger partial charge < -0.3 is 4.74 Å². The normalized spacial score (nSPS) is 15.8. The van der Waals surface area contributed by atoms with Gasteiger partial charge in [0, 0.05) is 27.2 Å². The number of carbonyl (C=O) groups is 1. The van der Waals surface area contributed by atoms with Crippen LogP contribution in [0.4, 0.5) is 4.39 Å². The van der Waals surface area contributed by atoms with Gasteiger partial charge in [0.1, 0.15) is 22.0 Å². The van der Waals surface area contributed by atoms with Gasteiger partial charge in [0.15, 0.2) is 0 Å². The van der Waals surface area contributed by atoms with Crippen LogP contribution in [0, 0.1) is 12.7 Å². The lowest BCUT2D eigenvalue weighted by Crippen LogP contribution is -2.27. The number of hydrogen-bond donors (Lipinski definition) is 0. The first-order chi connectivity index (χ1) is 14.5. The van der Waals surface area contributed by atoms with Crippen molar-refractivity contribution in [3.05, 3.63) is 99.3 Å². The summed E-state index contributed by atoms with van der Waals surface area (Å²) in [6.07, 6.45) is 0. The molecule has 1 amide bonds. The number of benzene rings is 3. The predicted molar refractivity (Wildman–Crippen MR) is 121 cm³/mol. The molecule has 0 N–H and O–H groups in total. The fourth-order valence-electron chi connectivity index (χ4n) is 3.22. The molecular weight excluding hydrogens is 467 g/mol. The highest BCUT2D eigenvalue weighted by atomic mass is 79.9. The van der Waals surface area contributed by atoms with E-state index in [1.165, 1.54) is 36.0 Å². The quantitative estimate of drug-likeness (QED) is 0.445. The highest BCUT2D eigenvalue weighted by Gasteiger charge is 2.36. The summed E-state index contributed by atoms with van der Waals surface area (Å²) in [7, 11) is 1.49. The van der Waals surface area contributed by atoms with Crippen molar-refractivity contribution < 1.29 is 13.9 Å². The molecular formula is C23H18BrFN2O2S. The van der Waals surface area contributed by atoms with E-state index >= 15 is 0 Å². The number of methoxy groups -OCH3 is 1. The van der Waals surface area contributed by atoms with E-state index in [1.54, 1.807) is 12.1 Å². The molecule has 1 aliphatic heterocycles. The second kappa shape index (κ2) is 8.62. The molecule has 4 nitrogen and oxygen atoms in total. The molecule has 4 rings (SSSR count). The number of aryl methyl sites for hydroxylation is 1. The Morgan fingerprint density at radius 2 is 1.87 bits per heavy atom. The maximum absolute atomic E-state index is 13.8. The molecule has 0 spiro atoms. The minimum absolute atomic E-state index is 0.218. The van der Waals surface area contributed by atoms with E-state index in [1.807, 2.05) is 49.4 Å². The molecule has 1 unspecified atom stereocenters. The average Bonchev–Trinajstić information content (AvgIpc) is 3.19. The van der Waals surface area contributed by atoms with Crippen molar-refractivity contribution in [2.75, 3.05) is 7.11 Å². The Morgan fingerprint density at radius 1 is 1.13 bits per heavy atom. The summed E-state index contributed by atoms with van der Waals surface area (Å²) < 4.78 is 20.1. The monoisotopic (exact) mass is 484 g/mol. The minimum Gasteiger partial charge on any atom is -0.496 e. The number of nitrogens with zero attached hydrogens (tertiary/aromatic N) is 2. The van der Waals surface area contributed by atoms with Crippen molar-refractivity contribution in [1.29, 1.82) is 0 Å². The Morgan fingerprint density at radius 3 is 2.57 bits per heavy atom. The number of thioether (sulfide) groups is 1. The Labute approximate surface area is 186 Å². The summed E-state index contributed by atoms with van der Waals surface area (Å²) in [6.45, 7) is 1.89. The van der Waals surface area contributed by atoms with Crippen molar-refractivity contribution in [3.8, 4) is 5.75 Å². The molecule has 0 radical (unpaired) electrons. The SMILES string of the molecule is COc1cc(F)ccc1C1SC(c2ccc(Br)cc2)=NN1C(=O)c1ccccc1C. The number of hydrogen-bond acceptors (Lipinski definition) is 4. The zero-order valence-electron chi connectivity index (χ0n) is 16.3. The number of amides is 1. The van der Waals surface area contributed by atoms with Crippen LogP contribution in [0.15, 0.2) is 76.3 Å². The first-order valence-electron chi connectivity index (χ1n) is 9.22. The Bertz CT molecular complexity index is 1130. The van der Waals surface area contributed by atoms with Crippen LogP contribution in [-0.2, 0) is 0 Å². The fraction of sp³-hybridized carbons (Fsp3) is 0.130. The van der Waals surface area contributed by atoms with E-state index in [4.69, 9.17) is 4.74 Å². The van der Waals surface area contributed by atoms with Gasteiger partial charge >= 0.3 is 0 Å². The molecule has 0 aliphatic carbocycles. The molecule has 0 saturated heterocycles. The van der Waals surface area contributed by atoms with Gasteiger partial charge in [-0.05, 0) is 42.8 Å². The third kappa shape index (κ3) is 4.00. The van der Waals surface area contributed by atoms with Crippen molar-refractivity contribution >= 4 is 38.6 Å². The summed E-state index contributed by atoms with van der Waals surface area (Å²) in [5.74, 6) is -0.240. The molecule has 3 aromatic carbocycles. The first-order valence-corrected chi connectivity index (χ1v) is 10.9. The summed E-state index contributed by atoms with van der Waals surface area (Å²) in [6, 6.07) is 19.5. The molecule has 0 aromatic heterocycles. The highest BCUT2D eigenvalue weighted by Crippen LogP contribution is 2.45. The summed E-state index contributed by atoms with van der Waals surface area (Å²) in [4.78, 5) is 13.4. The maximum Gasteiger partial charge on any atom is 0.275 e. The van der Waals surface area contributed by atoms with Crippen molar-refractivity contribution in [2.45, 2.75) is 12.3 Å². The van der Waals surface area contributed by atoms with Crippen LogP contribution in [0.2, 0.25) is 0 Å². The van der Waals surface area contributed by atoms with Crippen LogP contribution in [-0.4, -0.2) is 23.1 Å². The standard InChI is InChI=1S/C23H18BrFN2O2S/c1-14-5-3-4-6-18(14)22(28)27-23(19-12-11-17(25)13-20(19)29-2)30-21(26-27)15-7-9-16(24)10-8-15/h3-13,23H,1-2H3.